The van der Waals surface area contributed by atoms with E-state index in [-0.39, 0.29) is 0 Å². The molecule has 0 fully saturated rings. The molecule has 3 heterocycles. The first-order valence-corrected chi connectivity index (χ1v) is 18.5. The van der Waals surface area contributed by atoms with Crippen molar-refractivity contribution >= 4 is 80.1 Å². The number of para-hydroxylation sites is 1. The summed E-state index contributed by atoms with van der Waals surface area (Å²) >= 11 is 3.64. The number of hydrogen-bond donors (Lipinski definition) is 0. The number of hydrogen-bond acceptors (Lipinski definition) is 6. The molecule has 0 atom stereocenters. The van der Waals surface area contributed by atoms with E-state index in [1.165, 1.54) is 40.3 Å². The van der Waals surface area contributed by atoms with Crippen LogP contribution in [0.3, 0.4) is 0 Å². The largest absolute Gasteiger partial charge is 0.309 e. The summed E-state index contributed by atoms with van der Waals surface area (Å²) in [5.41, 5.74) is 6.16. The molecule has 0 aliphatic rings. The van der Waals surface area contributed by atoms with Gasteiger partial charge in [0.1, 0.15) is 0 Å². The van der Waals surface area contributed by atoms with Crippen molar-refractivity contribution in [1.82, 2.24) is 15.0 Å². The molecule has 0 aliphatic heterocycles. The highest BCUT2D eigenvalue weighted by atomic mass is 32.1. The van der Waals surface area contributed by atoms with Gasteiger partial charge in [0.15, 0.2) is 17.5 Å². The maximum Gasteiger partial charge on any atom is 0.164 e. The van der Waals surface area contributed by atoms with Crippen LogP contribution >= 0.6 is 22.7 Å². The Labute approximate surface area is 302 Å². The molecule has 0 bridgehead atoms. The van der Waals surface area contributed by atoms with Crippen molar-refractivity contribution in [2.45, 2.75) is 0 Å². The number of anilines is 3. The van der Waals surface area contributed by atoms with Crippen LogP contribution in [-0.4, -0.2) is 15.0 Å². The van der Waals surface area contributed by atoms with Gasteiger partial charge in [-0.2, -0.15) is 0 Å². The van der Waals surface area contributed by atoms with Gasteiger partial charge in [-0.3, -0.25) is 0 Å². The van der Waals surface area contributed by atoms with Gasteiger partial charge in [0.25, 0.3) is 0 Å². The summed E-state index contributed by atoms with van der Waals surface area (Å²) in [5, 5.41) is 5.08. The van der Waals surface area contributed by atoms with Gasteiger partial charge in [0.2, 0.25) is 0 Å². The molecule has 6 heteroatoms. The molecule has 240 valence electrons. The lowest BCUT2D eigenvalue weighted by molar-refractivity contribution is 1.07. The summed E-state index contributed by atoms with van der Waals surface area (Å²) in [7, 11) is 0. The second-order valence-corrected chi connectivity index (χ2v) is 14.6. The first-order chi connectivity index (χ1) is 25.3. The van der Waals surface area contributed by atoms with Crippen LogP contribution < -0.4 is 4.90 Å². The fourth-order valence-corrected chi connectivity index (χ4v) is 9.24. The highest BCUT2D eigenvalue weighted by Gasteiger charge is 2.19. The Morgan fingerprint density at radius 3 is 1.59 bits per heavy atom. The van der Waals surface area contributed by atoms with Crippen LogP contribution in [0.25, 0.3) is 74.5 Å². The third kappa shape index (κ3) is 5.24. The lowest BCUT2D eigenvalue weighted by Crippen LogP contribution is -2.10. The minimum absolute atomic E-state index is 0.639. The van der Waals surface area contributed by atoms with Gasteiger partial charge in [-0.05, 0) is 60.7 Å². The Morgan fingerprint density at radius 2 is 0.863 bits per heavy atom. The van der Waals surface area contributed by atoms with Crippen LogP contribution in [0, 0.1) is 0 Å². The lowest BCUT2D eigenvalue weighted by atomic mass is 10.1. The Balaban J connectivity index is 1.10. The smallest absolute Gasteiger partial charge is 0.164 e. The number of benzene rings is 7. The van der Waals surface area contributed by atoms with E-state index < -0.39 is 0 Å². The molecule has 7 aromatic carbocycles. The highest BCUT2D eigenvalue weighted by molar-refractivity contribution is 7.26. The number of fused-ring (bicyclic) bond motifs is 6. The van der Waals surface area contributed by atoms with E-state index in [4.69, 9.17) is 15.0 Å². The zero-order valence-electron chi connectivity index (χ0n) is 27.3. The normalized spacial score (nSPS) is 11.5. The molecule has 10 rings (SSSR count). The Kier molecular flexibility index (Phi) is 7.15. The molecule has 0 radical (unpaired) electrons. The standard InChI is InChI=1S/C45H28N4S2/c1-3-12-29(13-4-1)43-46-44(48-45(47-43)31-24-27-36-34-16-7-9-20-39(34)50-41(36)28-31)30-22-25-33(26-23-30)49(32-14-5-2-6-15-32)38-19-11-18-37-35-17-8-10-21-40(35)51-42(37)38/h1-28H. The average molecular weight is 689 g/mol. The van der Waals surface area contributed by atoms with Crippen molar-refractivity contribution in [3.8, 4) is 34.2 Å². The van der Waals surface area contributed by atoms with Crippen molar-refractivity contribution in [2.75, 3.05) is 4.90 Å². The quantitative estimate of drug-likeness (QED) is 0.174. The zero-order valence-corrected chi connectivity index (χ0v) is 28.9. The van der Waals surface area contributed by atoms with Crippen molar-refractivity contribution < 1.29 is 0 Å². The van der Waals surface area contributed by atoms with E-state index in [1.54, 1.807) is 11.3 Å². The van der Waals surface area contributed by atoms with Gasteiger partial charge in [-0.1, -0.05) is 109 Å². The molecule has 0 saturated heterocycles. The number of rotatable bonds is 6. The van der Waals surface area contributed by atoms with Crippen LogP contribution in [0.5, 0.6) is 0 Å². The van der Waals surface area contributed by atoms with E-state index in [9.17, 15) is 0 Å². The van der Waals surface area contributed by atoms with Crippen molar-refractivity contribution in [1.29, 1.82) is 0 Å². The average Bonchev–Trinajstić information content (AvgIpc) is 3.77. The highest BCUT2D eigenvalue weighted by Crippen LogP contribution is 2.45. The molecule has 3 aromatic heterocycles. The van der Waals surface area contributed by atoms with Crippen LogP contribution in [0.4, 0.5) is 17.1 Å². The van der Waals surface area contributed by atoms with Gasteiger partial charge in [0.05, 0.1) is 10.4 Å². The third-order valence-corrected chi connectivity index (χ3v) is 11.7. The predicted octanol–water partition coefficient (Wildman–Crippen LogP) is 13.1. The summed E-state index contributed by atoms with van der Waals surface area (Å²) in [6.45, 7) is 0. The second-order valence-electron chi connectivity index (χ2n) is 12.5. The molecular formula is C45H28N4S2. The lowest BCUT2D eigenvalue weighted by Gasteiger charge is -2.26. The summed E-state index contributed by atoms with van der Waals surface area (Å²) in [6.07, 6.45) is 0. The molecule has 0 spiro atoms. The predicted molar refractivity (Wildman–Crippen MR) is 217 cm³/mol. The van der Waals surface area contributed by atoms with Gasteiger partial charge in [-0.25, -0.2) is 15.0 Å². The first kappa shape index (κ1) is 29.7. The maximum absolute atomic E-state index is 5.09. The summed E-state index contributed by atoms with van der Waals surface area (Å²) in [5.74, 6) is 1.95. The molecule has 0 unspecified atom stereocenters. The van der Waals surface area contributed by atoms with Crippen LogP contribution in [0.2, 0.25) is 0 Å². The zero-order chi connectivity index (χ0) is 33.7. The van der Waals surface area contributed by atoms with E-state index in [1.807, 2.05) is 41.7 Å². The minimum atomic E-state index is 0.639. The molecule has 51 heavy (non-hydrogen) atoms. The van der Waals surface area contributed by atoms with Crippen LogP contribution in [0.15, 0.2) is 170 Å². The SMILES string of the molecule is c1ccc(-c2nc(-c3ccc(N(c4ccccc4)c4cccc5c4sc4ccccc45)cc3)nc(-c3ccc4c(c3)sc3ccccc34)n2)cc1. The second kappa shape index (κ2) is 12.3. The van der Waals surface area contributed by atoms with Crippen molar-refractivity contribution in [2.24, 2.45) is 0 Å². The Hall–Kier alpha value is -6.21. The molecule has 0 aliphatic carbocycles. The van der Waals surface area contributed by atoms with E-state index >= 15 is 0 Å². The van der Waals surface area contributed by atoms with Crippen LogP contribution in [-0.2, 0) is 0 Å². The summed E-state index contributed by atoms with van der Waals surface area (Å²) < 4.78 is 5.04. The van der Waals surface area contributed by atoms with E-state index in [0.29, 0.717) is 17.5 Å². The Morgan fingerprint density at radius 1 is 0.353 bits per heavy atom. The number of nitrogens with zero attached hydrogens (tertiary/aromatic N) is 4. The van der Waals surface area contributed by atoms with E-state index in [0.717, 1.165) is 33.8 Å². The van der Waals surface area contributed by atoms with Gasteiger partial charge in [0, 0.05) is 63.7 Å². The maximum atomic E-state index is 5.09. The fraction of sp³-hybridized carbons (Fsp3) is 0. The molecule has 0 saturated carbocycles. The van der Waals surface area contributed by atoms with Crippen molar-refractivity contribution in [3.63, 3.8) is 0 Å². The van der Waals surface area contributed by atoms with Gasteiger partial charge >= 0.3 is 0 Å². The third-order valence-electron chi connectivity index (χ3n) is 9.33. The van der Waals surface area contributed by atoms with Crippen molar-refractivity contribution in [3.05, 3.63) is 170 Å². The molecule has 10 aromatic rings. The van der Waals surface area contributed by atoms with E-state index in [2.05, 4.69) is 144 Å². The molecular weight excluding hydrogens is 661 g/mol. The first-order valence-electron chi connectivity index (χ1n) is 16.9. The van der Waals surface area contributed by atoms with Gasteiger partial charge < -0.3 is 4.90 Å². The fourth-order valence-electron chi connectivity index (χ4n) is 6.89. The molecule has 4 nitrogen and oxygen atoms in total. The molecule has 0 N–H and O–H groups in total. The topological polar surface area (TPSA) is 41.9 Å². The summed E-state index contributed by atoms with van der Waals surface area (Å²) in [6, 6.07) is 59.7. The number of thiophene rings is 2. The monoisotopic (exact) mass is 688 g/mol. The number of aromatic nitrogens is 3. The minimum Gasteiger partial charge on any atom is -0.309 e. The van der Waals surface area contributed by atoms with Gasteiger partial charge in [-0.15, -0.1) is 22.7 Å². The summed E-state index contributed by atoms with van der Waals surface area (Å²) in [4.78, 5) is 17.5. The van der Waals surface area contributed by atoms with Crippen LogP contribution in [0.1, 0.15) is 0 Å². The Bertz CT molecular complexity index is 2860. The molecule has 0 amide bonds.